The van der Waals surface area contributed by atoms with E-state index >= 15 is 0 Å². The van der Waals surface area contributed by atoms with E-state index in [0.29, 0.717) is 28.9 Å². The van der Waals surface area contributed by atoms with Crippen LogP contribution in [0.15, 0.2) is 16.0 Å². The number of hydrogen-bond donors (Lipinski definition) is 5. The highest BCUT2D eigenvalue weighted by molar-refractivity contribution is 7.90. The van der Waals surface area contributed by atoms with E-state index < -0.39 is 22.0 Å². The third-order valence-electron chi connectivity index (χ3n) is 4.14. The Labute approximate surface area is 159 Å². The lowest BCUT2D eigenvalue weighted by molar-refractivity contribution is -0.139. The molecule has 0 aliphatic carbocycles. The minimum Gasteiger partial charge on any atom is -0.496 e. The lowest BCUT2D eigenvalue weighted by Gasteiger charge is -2.17. The zero-order chi connectivity index (χ0) is 20.8. The lowest BCUT2D eigenvalue weighted by Crippen LogP contribution is -2.41. The van der Waals surface area contributed by atoms with Crippen molar-refractivity contribution in [2.24, 2.45) is 16.6 Å². The topological polar surface area (TPSA) is 169 Å². The molecule has 1 atom stereocenters. The summed E-state index contributed by atoms with van der Waals surface area (Å²) in [7, 11) is -2.41. The Bertz CT molecular complexity index is 823. The molecule has 10 nitrogen and oxygen atoms in total. The van der Waals surface area contributed by atoms with Gasteiger partial charge in [0.1, 0.15) is 11.8 Å². The molecule has 0 aliphatic heterocycles. The molecule has 0 spiro atoms. The molecule has 11 heteroatoms. The van der Waals surface area contributed by atoms with Crippen LogP contribution in [0.3, 0.4) is 0 Å². The van der Waals surface area contributed by atoms with Crippen molar-refractivity contribution in [1.29, 1.82) is 0 Å². The summed E-state index contributed by atoms with van der Waals surface area (Å²) in [6.45, 7) is 5.29. The van der Waals surface area contributed by atoms with Crippen molar-refractivity contribution in [3.63, 3.8) is 0 Å². The van der Waals surface area contributed by atoms with Gasteiger partial charge in [-0.1, -0.05) is 0 Å². The Morgan fingerprint density at radius 3 is 2.48 bits per heavy atom. The van der Waals surface area contributed by atoms with Crippen molar-refractivity contribution in [2.45, 2.75) is 44.6 Å². The van der Waals surface area contributed by atoms with Crippen LogP contribution in [0.1, 0.15) is 29.5 Å². The molecule has 7 N–H and O–H groups in total. The molecule has 0 amide bonds. The van der Waals surface area contributed by atoms with Crippen molar-refractivity contribution in [3.8, 4) is 5.75 Å². The van der Waals surface area contributed by atoms with Gasteiger partial charge in [-0.2, -0.15) is 0 Å². The average molecular weight is 401 g/mol. The zero-order valence-corrected chi connectivity index (χ0v) is 16.7. The summed E-state index contributed by atoms with van der Waals surface area (Å²) >= 11 is 0. The predicted octanol–water partition coefficient (Wildman–Crippen LogP) is -0.0898. The summed E-state index contributed by atoms with van der Waals surface area (Å²) in [6, 6.07) is 0.751. The number of nitrogens with two attached hydrogens (primary N) is 2. The Balaban J connectivity index is 2.89. The van der Waals surface area contributed by atoms with Gasteiger partial charge in [-0.3, -0.25) is 15.6 Å². The quantitative estimate of drug-likeness (QED) is 0.126. The molecular formula is C16H27N5O5S. The highest BCUT2D eigenvalue weighted by atomic mass is 32.2. The van der Waals surface area contributed by atoms with E-state index in [2.05, 4.69) is 15.1 Å². The SMILES string of the molecule is COc1cc(C)c(S(=O)(=O)NC(N)=NCCC[C@H](NN)C(=O)O)c(C)c1C. The summed E-state index contributed by atoms with van der Waals surface area (Å²) in [4.78, 5) is 14.9. The lowest BCUT2D eigenvalue weighted by atomic mass is 10.1. The number of rotatable bonds is 9. The fourth-order valence-electron chi connectivity index (χ4n) is 2.64. The summed E-state index contributed by atoms with van der Waals surface area (Å²) in [5.74, 6) is 4.39. The first-order valence-corrected chi connectivity index (χ1v) is 9.69. The van der Waals surface area contributed by atoms with E-state index in [9.17, 15) is 13.2 Å². The third-order valence-corrected chi connectivity index (χ3v) is 5.78. The van der Waals surface area contributed by atoms with Crippen molar-refractivity contribution in [3.05, 3.63) is 22.8 Å². The molecule has 0 aliphatic rings. The van der Waals surface area contributed by atoms with Crippen molar-refractivity contribution in [2.75, 3.05) is 13.7 Å². The van der Waals surface area contributed by atoms with Crippen LogP contribution in [-0.2, 0) is 14.8 Å². The molecule has 0 radical (unpaired) electrons. The van der Waals surface area contributed by atoms with Crippen LogP contribution in [0, 0.1) is 20.8 Å². The number of sulfonamides is 1. The van der Waals surface area contributed by atoms with Gasteiger partial charge in [-0.15, -0.1) is 0 Å². The van der Waals surface area contributed by atoms with Crippen molar-refractivity contribution >= 4 is 22.0 Å². The first-order valence-electron chi connectivity index (χ1n) is 8.21. The zero-order valence-electron chi connectivity index (χ0n) is 15.9. The maximum absolute atomic E-state index is 12.7. The van der Waals surface area contributed by atoms with Crippen LogP contribution < -0.4 is 26.5 Å². The normalized spacial score (nSPS) is 13.3. The maximum atomic E-state index is 12.7. The molecule has 1 aromatic carbocycles. The number of hydrogen-bond acceptors (Lipinski definition) is 7. The Morgan fingerprint density at radius 2 is 1.96 bits per heavy atom. The number of benzene rings is 1. The molecule has 27 heavy (non-hydrogen) atoms. The number of carboxylic acids is 1. The molecule has 1 rings (SSSR count). The predicted molar refractivity (Wildman–Crippen MR) is 102 cm³/mol. The van der Waals surface area contributed by atoms with Gasteiger partial charge < -0.3 is 15.6 Å². The number of aliphatic carboxylic acids is 1. The summed E-state index contributed by atoms with van der Waals surface area (Å²) in [5, 5.41) is 8.87. The molecule has 0 fully saturated rings. The third kappa shape index (κ3) is 5.81. The monoisotopic (exact) mass is 401 g/mol. The number of methoxy groups -OCH3 is 1. The number of hydrazine groups is 1. The van der Waals surface area contributed by atoms with Gasteiger partial charge in [0.05, 0.1) is 12.0 Å². The molecule has 1 aromatic rings. The van der Waals surface area contributed by atoms with E-state index in [1.165, 1.54) is 7.11 Å². The van der Waals surface area contributed by atoms with Gasteiger partial charge in [0, 0.05) is 6.54 Å². The van der Waals surface area contributed by atoms with E-state index in [1.54, 1.807) is 26.8 Å². The Morgan fingerprint density at radius 1 is 1.33 bits per heavy atom. The second-order valence-electron chi connectivity index (χ2n) is 6.05. The summed E-state index contributed by atoms with van der Waals surface area (Å²) < 4.78 is 32.9. The fraction of sp³-hybridized carbons (Fsp3) is 0.500. The number of ether oxygens (including phenoxy) is 1. The van der Waals surface area contributed by atoms with E-state index in [4.69, 9.17) is 21.4 Å². The first kappa shape index (κ1) is 22.7. The molecule has 152 valence electrons. The first-order chi connectivity index (χ1) is 12.5. The number of aliphatic imine (C=N–C) groups is 1. The number of guanidine groups is 1. The maximum Gasteiger partial charge on any atom is 0.322 e. The average Bonchev–Trinajstić information content (AvgIpc) is 2.57. The number of nitrogens with one attached hydrogen (secondary N) is 2. The minimum atomic E-state index is -3.93. The molecule has 0 saturated heterocycles. The van der Waals surface area contributed by atoms with Crippen LogP contribution in [0.5, 0.6) is 5.75 Å². The summed E-state index contributed by atoms with van der Waals surface area (Å²) in [5.41, 5.74) is 9.65. The molecule has 0 saturated carbocycles. The van der Waals surface area contributed by atoms with Crippen LogP contribution in [-0.4, -0.2) is 45.1 Å². The van der Waals surface area contributed by atoms with Gasteiger partial charge in [-0.25, -0.2) is 18.6 Å². The Hall–Kier alpha value is -2.37. The van der Waals surface area contributed by atoms with E-state index in [0.717, 1.165) is 0 Å². The van der Waals surface area contributed by atoms with E-state index in [-0.39, 0.29) is 23.8 Å². The summed E-state index contributed by atoms with van der Waals surface area (Å²) in [6.07, 6.45) is 0.592. The van der Waals surface area contributed by atoms with Gasteiger partial charge >= 0.3 is 5.97 Å². The highest BCUT2D eigenvalue weighted by Gasteiger charge is 2.23. The van der Waals surface area contributed by atoms with Crippen molar-refractivity contribution < 1.29 is 23.1 Å². The van der Waals surface area contributed by atoms with Gasteiger partial charge in [0.2, 0.25) is 5.96 Å². The molecule has 0 bridgehead atoms. The molecule has 0 unspecified atom stereocenters. The molecule has 0 aromatic heterocycles. The Kier molecular flexibility index (Phi) is 8.00. The highest BCUT2D eigenvalue weighted by Crippen LogP contribution is 2.30. The van der Waals surface area contributed by atoms with E-state index in [1.807, 2.05) is 0 Å². The second-order valence-corrected chi connectivity index (χ2v) is 7.67. The van der Waals surface area contributed by atoms with Gasteiger partial charge in [0.15, 0.2) is 0 Å². The standard InChI is InChI=1S/C16H27N5O5S/c1-9-8-13(26-4)10(2)11(3)14(9)27(24,25)21-16(17)19-7-5-6-12(20-18)15(22)23/h8,12,20H,5-7,18H2,1-4H3,(H,22,23)(H3,17,19,21)/t12-/m0/s1. The number of aryl methyl sites for hydroxylation is 1. The minimum absolute atomic E-state index is 0.122. The smallest absolute Gasteiger partial charge is 0.322 e. The van der Waals surface area contributed by atoms with Crippen molar-refractivity contribution in [1.82, 2.24) is 10.1 Å². The molecular weight excluding hydrogens is 374 g/mol. The fourth-order valence-corrected chi connectivity index (χ4v) is 4.12. The van der Waals surface area contributed by atoms with Crippen LogP contribution in [0.25, 0.3) is 0 Å². The molecule has 0 heterocycles. The largest absolute Gasteiger partial charge is 0.496 e. The van der Waals surface area contributed by atoms with Crippen LogP contribution in [0.4, 0.5) is 0 Å². The number of nitrogens with zero attached hydrogens (tertiary/aromatic N) is 1. The second kappa shape index (κ2) is 9.53. The van der Waals surface area contributed by atoms with Gasteiger partial charge in [0.25, 0.3) is 10.0 Å². The number of carboxylic acid groups (broad SMARTS) is 1. The van der Waals surface area contributed by atoms with Crippen LogP contribution >= 0.6 is 0 Å². The number of carbonyl (C=O) groups is 1. The van der Waals surface area contributed by atoms with Gasteiger partial charge in [-0.05, 0) is 56.4 Å². The van der Waals surface area contributed by atoms with Crippen LogP contribution in [0.2, 0.25) is 0 Å².